The van der Waals surface area contributed by atoms with Gasteiger partial charge in [-0.15, -0.1) is 0 Å². The Bertz CT molecular complexity index is 535. The van der Waals surface area contributed by atoms with Gasteiger partial charge in [0.2, 0.25) is 0 Å². The smallest absolute Gasteiger partial charge is 0.408 e. The quantitative estimate of drug-likeness (QED) is 0.865. The lowest BCUT2D eigenvalue weighted by atomic mass is 10.1. The van der Waals surface area contributed by atoms with Crippen molar-refractivity contribution in [1.82, 2.24) is 5.32 Å². The van der Waals surface area contributed by atoms with Crippen LogP contribution in [0.25, 0.3) is 0 Å². The summed E-state index contributed by atoms with van der Waals surface area (Å²) >= 11 is 0. The van der Waals surface area contributed by atoms with Gasteiger partial charge in [-0.1, -0.05) is 12.1 Å². The Morgan fingerprint density at radius 3 is 2.71 bits per heavy atom. The van der Waals surface area contributed by atoms with E-state index in [0.717, 1.165) is 0 Å². The minimum Gasteiger partial charge on any atom is -0.486 e. The molecule has 1 unspecified atom stereocenters. The maximum Gasteiger partial charge on any atom is 0.408 e. The zero-order valence-electron chi connectivity index (χ0n) is 12.3. The monoisotopic (exact) mass is 293 g/mol. The average molecular weight is 293 g/mol. The third-order valence-corrected chi connectivity index (χ3v) is 2.74. The number of amides is 1. The zero-order valence-corrected chi connectivity index (χ0v) is 12.3. The molecule has 6 nitrogen and oxygen atoms in total. The number of carbonyl (C=O) groups excluding carboxylic acids is 2. The number of benzene rings is 1. The number of fused-ring (bicyclic) bond motifs is 1. The molecule has 0 saturated heterocycles. The van der Waals surface area contributed by atoms with Crippen molar-refractivity contribution in [3.8, 4) is 11.5 Å². The van der Waals surface area contributed by atoms with Crippen LogP contribution in [0.1, 0.15) is 32.4 Å². The van der Waals surface area contributed by atoms with E-state index in [2.05, 4.69) is 5.32 Å². The third kappa shape index (κ3) is 3.87. The van der Waals surface area contributed by atoms with Crippen molar-refractivity contribution < 1.29 is 23.8 Å². The Morgan fingerprint density at radius 1 is 1.33 bits per heavy atom. The molecule has 1 aromatic carbocycles. The maximum absolute atomic E-state index is 11.8. The summed E-state index contributed by atoms with van der Waals surface area (Å²) in [6.45, 7) is 6.13. The van der Waals surface area contributed by atoms with Gasteiger partial charge in [-0.25, -0.2) is 4.79 Å². The Labute approximate surface area is 123 Å². The highest BCUT2D eigenvalue weighted by Gasteiger charge is 2.25. The number of rotatable bonds is 3. The molecule has 114 valence electrons. The summed E-state index contributed by atoms with van der Waals surface area (Å²) in [6, 6.07) is 4.37. The van der Waals surface area contributed by atoms with Crippen molar-refractivity contribution in [2.24, 2.45) is 0 Å². The topological polar surface area (TPSA) is 73.9 Å². The second-order valence-corrected chi connectivity index (χ2v) is 5.63. The predicted molar refractivity (Wildman–Crippen MR) is 75.6 cm³/mol. The summed E-state index contributed by atoms with van der Waals surface area (Å²) in [5.41, 5.74) is -0.0826. The number of hydrogen-bond donors (Lipinski definition) is 1. The van der Waals surface area contributed by atoms with E-state index in [1.54, 1.807) is 39.0 Å². The average Bonchev–Trinajstić information content (AvgIpc) is 2.42. The van der Waals surface area contributed by atoms with Crippen molar-refractivity contribution >= 4 is 12.4 Å². The number of hydrogen-bond acceptors (Lipinski definition) is 5. The molecule has 6 heteroatoms. The fourth-order valence-corrected chi connectivity index (χ4v) is 1.96. The van der Waals surface area contributed by atoms with Crippen LogP contribution in [-0.2, 0) is 9.53 Å². The minimum atomic E-state index is -0.850. The summed E-state index contributed by atoms with van der Waals surface area (Å²) in [5.74, 6) is 1.05. The lowest BCUT2D eigenvalue weighted by molar-refractivity contribution is -0.109. The van der Waals surface area contributed by atoms with Crippen molar-refractivity contribution in [2.45, 2.75) is 32.4 Å². The SMILES string of the molecule is CC(C)(C)OC(=O)NC(C=O)c1cccc2c1OCCO2. The first kappa shape index (κ1) is 15.2. The first-order valence-corrected chi connectivity index (χ1v) is 6.74. The molecular formula is C15H19NO5. The Morgan fingerprint density at radius 2 is 2.05 bits per heavy atom. The molecule has 0 aliphatic carbocycles. The fourth-order valence-electron chi connectivity index (χ4n) is 1.96. The van der Waals surface area contributed by atoms with Crippen LogP contribution in [0.3, 0.4) is 0 Å². The van der Waals surface area contributed by atoms with Gasteiger partial charge in [0.05, 0.1) is 0 Å². The zero-order chi connectivity index (χ0) is 15.5. The molecular weight excluding hydrogens is 274 g/mol. The molecule has 0 spiro atoms. The van der Waals surface area contributed by atoms with Crippen LogP contribution in [0, 0.1) is 0 Å². The van der Waals surface area contributed by atoms with E-state index in [1.807, 2.05) is 0 Å². The third-order valence-electron chi connectivity index (χ3n) is 2.74. The highest BCUT2D eigenvalue weighted by molar-refractivity contribution is 5.76. The van der Waals surface area contributed by atoms with Crippen LogP contribution < -0.4 is 14.8 Å². The number of alkyl carbamates (subject to hydrolysis) is 1. The van der Waals surface area contributed by atoms with Crippen LogP contribution in [0.15, 0.2) is 18.2 Å². The van der Waals surface area contributed by atoms with Crippen molar-refractivity contribution in [3.05, 3.63) is 23.8 Å². The standard InChI is InChI=1S/C15H19NO5/c1-15(2,3)21-14(18)16-11(9-17)10-5-4-6-12-13(10)20-8-7-19-12/h4-6,9,11H,7-8H2,1-3H3,(H,16,18). The number of aldehydes is 1. The summed E-state index contributed by atoms with van der Waals surface area (Å²) in [7, 11) is 0. The van der Waals surface area contributed by atoms with Gasteiger partial charge < -0.3 is 24.3 Å². The molecule has 0 fully saturated rings. The van der Waals surface area contributed by atoms with Gasteiger partial charge in [0.1, 0.15) is 31.1 Å². The van der Waals surface area contributed by atoms with E-state index in [4.69, 9.17) is 14.2 Å². The summed E-state index contributed by atoms with van der Waals surface area (Å²) in [5, 5.41) is 2.52. The van der Waals surface area contributed by atoms with Crippen LogP contribution in [0.2, 0.25) is 0 Å². The van der Waals surface area contributed by atoms with E-state index in [9.17, 15) is 9.59 Å². The molecule has 21 heavy (non-hydrogen) atoms. The van der Waals surface area contributed by atoms with Crippen LogP contribution in [-0.4, -0.2) is 31.2 Å². The molecule has 1 N–H and O–H groups in total. The molecule has 0 aromatic heterocycles. The van der Waals surface area contributed by atoms with Gasteiger partial charge in [0.25, 0.3) is 0 Å². The molecule has 0 bridgehead atoms. The summed E-state index contributed by atoms with van der Waals surface area (Å²) in [4.78, 5) is 23.1. The Balaban J connectivity index is 2.18. The Kier molecular flexibility index (Phi) is 4.35. The van der Waals surface area contributed by atoms with Gasteiger partial charge in [0, 0.05) is 5.56 Å². The van der Waals surface area contributed by atoms with Gasteiger partial charge in [-0.2, -0.15) is 0 Å². The largest absolute Gasteiger partial charge is 0.486 e. The molecule has 0 radical (unpaired) electrons. The van der Waals surface area contributed by atoms with E-state index in [-0.39, 0.29) is 0 Å². The lowest BCUT2D eigenvalue weighted by Gasteiger charge is -2.25. The van der Waals surface area contributed by atoms with Gasteiger partial charge in [0.15, 0.2) is 11.5 Å². The van der Waals surface area contributed by atoms with E-state index in [1.165, 1.54) is 0 Å². The minimum absolute atomic E-state index is 0.405. The predicted octanol–water partition coefficient (Wildman–Crippen LogP) is 2.22. The van der Waals surface area contributed by atoms with Crippen LogP contribution in [0.5, 0.6) is 11.5 Å². The first-order valence-electron chi connectivity index (χ1n) is 6.74. The van der Waals surface area contributed by atoms with Gasteiger partial charge in [-0.3, -0.25) is 0 Å². The van der Waals surface area contributed by atoms with E-state index < -0.39 is 17.7 Å². The number of carbonyl (C=O) groups is 2. The maximum atomic E-state index is 11.8. The highest BCUT2D eigenvalue weighted by Crippen LogP contribution is 2.36. The normalized spacial score (nSPS) is 15.0. The van der Waals surface area contributed by atoms with Crippen molar-refractivity contribution in [2.75, 3.05) is 13.2 Å². The molecule has 1 amide bonds. The van der Waals surface area contributed by atoms with Crippen molar-refractivity contribution in [1.29, 1.82) is 0 Å². The Hall–Kier alpha value is -2.24. The second kappa shape index (κ2) is 6.03. The van der Waals surface area contributed by atoms with Crippen LogP contribution in [0.4, 0.5) is 4.79 Å². The first-order chi connectivity index (χ1) is 9.90. The lowest BCUT2D eigenvalue weighted by Crippen LogP contribution is -2.35. The molecule has 0 saturated carbocycles. The van der Waals surface area contributed by atoms with E-state index in [0.29, 0.717) is 36.6 Å². The molecule has 1 heterocycles. The van der Waals surface area contributed by atoms with Crippen molar-refractivity contribution in [3.63, 3.8) is 0 Å². The van der Waals surface area contributed by atoms with Gasteiger partial charge >= 0.3 is 6.09 Å². The molecule has 1 aliphatic rings. The molecule has 1 aliphatic heterocycles. The second-order valence-electron chi connectivity index (χ2n) is 5.63. The van der Waals surface area contributed by atoms with Gasteiger partial charge in [-0.05, 0) is 26.8 Å². The number of para-hydroxylation sites is 1. The molecule has 1 atom stereocenters. The fraction of sp³-hybridized carbons (Fsp3) is 0.467. The van der Waals surface area contributed by atoms with E-state index >= 15 is 0 Å². The number of ether oxygens (including phenoxy) is 3. The van der Waals surface area contributed by atoms with Crippen LogP contribution >= 0.6 is 0 Å². The number of nitrogens with one attached hydrogen (secondary N) is 1. The molecule has 1 aromatic rings. The summed E-state index contributed by atoms with van der Waals surface area (Å²) in [6.07, 6.45) is -0.0220. The summed E-state index contributed by atoms with van der Waals surface area (Å²) < 4.78 is 16.2. The highest BCUT2D eigenvalue weighted by atomic mass is 16.6. The molecule has 2 rings (SSSR count).